The van der Waals surface area contributed by atoms with E-state index in [-0.39, 0.29) is 17.5 Å². The minimum Gasteiger partial charge on any atom is -0.422 e. The first-order valence-electron chi connectivity index (χ1n) is 7.59. The lowest BCUT2D eigenvalue weighted by Crippen LogP contribution is -2.39. The van der Waals surface area contributed by atoms with Crippen LogP contribution in [0.5, 0.6) is 0 Å². The van der Waals surface area contributed by atoms with Gasteiger partial charge in [0.25, 0.3) is 15.1 Å². The number of benzene rings is 1. The maximum atomic E-state index is 13.0. The molecule has 6 nitrogen and oxygen atoms in total. The van der Waals surface area contributed by atoms with Crippen molar-refractivity contribution in [3.05, 3.63) is 35.8 Å². The van der Waals surface area contributed by atoms with E-state index in [1.807, 2.05) is 6.92 Å². The van der Waals surface area contributed by atoms with Crippen molar-refractivity contribution in [1.29, 1.82) is 5.26 Å². The number of oxazole rings is 1. The molecule has 1 fully saturated rings. The van der Waals surface area contributed by atoms with Gasteiger partial charge in [-0.25, -0.2) is 12.8 Å². The fourth-order valence-electron chi connectivity index (χ4n) is 2.75. The van der Waals surface area contributed by atoms with Crippen LogP contribution >= 0.6 is 0 Å². The van der Waals surface area contributed by atoms with Gasteiger partial charge < -0.3 is 4.42 Å². The van der Waals surface area contributed by atoms with E-state index in [1.54, 1.807) is 6.07 Å². The number of piperidine rings is 1. The molecule has 0 bridgehead atoms. The summed E-state index contributed by atoms with van der Waals surface area (Å²) in [7, 11) is -3.93. The SMILES string of the molecule is CC1CCCN(S(=O)(=O)c2oc(-c3ccc(F)cc3)nc2C#N)C1. The van der Waals surface area contributed by atoms with Gasteiger partial charge in [0.2, 0.25) is 5.89 Å². The molecule has 1 saturated heterocycles. The highest BCUT2D eigenvalue weighted by Gasteiger charge is 2.35. The quantitative estimate of drug-likeness (QED) is 0.850. The zero-order valence-corrected chi connectivity index (χ0v) is 13.9. The van der Waals surface area contributed by atoms with Crippen molar-refractivity contribution in [2.75, 3.05) is 13.1 Å². The number of hydrogen-bond donors (Lipinski definition) is 0. The van der Waals surface area contributed by atoms with E-state index in [1.165, 1.54) is 28.6 Å². The summed E-state index contributed by atoms with van der Waals surface area (Å²) >= 11 is 0. The molecule has 1 aliphatic rings. The Kier molecular flexibility index (Phi) is 4.39. The molecule has 1 aromatic heterocycles. The normalized spacial score (nSPS) is 19.1. The molecule has 1 unspecified atom stereocenters. The lowest BCUT2D eigenvalue weighted by Gasteiger charge is -2.28. The third-order valence-electron chi connectivity index (χ3n) is 3.99. The second kappa shape index (κ2) is 6.34. The molecule has 0 amide bonds. The van der Waals surface area contributed by atoms with Gasteiger partial charge in [-0.1, -0.05) is 6.92 Å². The van der Waals surface area contributed by atoms with Gasteiger partial charge in [-0.3, -0.25) is 0 Å². The topological polar surface area (TPSA) is 87.2 Å². The summed E-state index contributed by atoms with van der Waals surface area (Å²) < 4.78 is 45.3. The first-order chi connectivity index (χ1) is 11.4. The molecule has 0 spiro atoms. The molecule has 24 heavy (non-hydrogen) atoms. The number of rotatable bonds is 3. The highest BCUT2D eigenvalue weighted by atomic mass is 32.2. The van der Waals surface area contributed by atoms with Crippen LogP contribution in [0.15, 0.2) is 33.8 Å². The minimum atomic E-state index is -3.93. The van der Waals surface area contributed by atoms with Gasteiger partial charge in [-0.2, -0.15) is 14.6 Å². The van der Waals surface area contributed by atoms with Crippen molar-refractivity contribution in [2.24, 2.45) is 5.92 Å². The third-order valence-corrected chi connectivity index (χ3v) is 5.74. The Morgan fingerprint density at radius 1 is 1.38 bits per heavy atom. The lowest BCUT2D eigenvalue weighted by atomic mass is 10.0. The Labute approximate surface area is 139 Å². The molecule has 1 atom stereocenters. The highest BCUT2D eigenvalue weighted by molar-refractivity contribution is 7.89. The summed E-state index contributed by atoms with van der Waals surface area (Å²) in [5.41, 5.74) is 0.119. The molecule has 0 N–H and O–H groups in total. The van der Waals surface area contributed by atoms with Crippen LogP contribution in [0.1, 0.15) is 25.5 Å². The number of halogens is 1. The van der Waals surface area contributed by atoms with E-state index < -0.39 is 20.9 Å². The van der Waals surface area contributed by atoms with Crippen molar-refractivity contribution in [3.63, 3.8) is 0 Å². The maximum absolute atomic E-state index is 13.0. The summed E-state index contributed by atoms with van der Waals surface area (Å²) in [5.74, 6) is -0.199. The van der Waals surface area contributed by atoms with Crippen LogP contribution in [0.2, 0.25) is 0 Å². The van der Waals surface area contributed by atoms with Crippen LogP contribution in [0.25, 0.3) is 11.5 Å². The van der Waals surface area contributed by atoms with Gasteiger partial charge in [-0.05, 0) is 43.0 Å². The van der Waals surface area contributed by atoms with Crippen molar-refractivity contribution in [2.45, 2.75) is 24.9 Å². The average molecular weight is 349 g/mol. The average Bonchev–Trinajstić information content (AvgIpc) is 3.00. The molecule has 1 aromatic carbocycles. The number of aromatic nitrogens is 1. The maximum Gasteiger partial charge on any atom is 0.279 e. The predicted molar refractivity (Wildman–Crippen MR) is 83.8 cm³/mol. The second-order valence-corrected chi connectivity index (χ2v) is 7.72. The van der Waals surface area contributed by atoms with Gasteiger partial charge in [0.15, 0.2) is 5.69 Å². The Hall–Kier alpha value is -2.24. The standard InChI is InChI=1S/C16H16FN3O3S/c1-11-3-2-8-20(10-11)24(21,22)16-14(9-18)19-15(23-16)12-4-6-13(17)7-5-12/h4-7,11H,2-3,8,10H2,1H3. The molecular weight excluding hydrogens is 333 g/mol. The summed E-state index contributed by atoms with van der Waals surface area (Å²) in [6, 6.07) is 7.03. The Morgan fingerprint density at radius 2 is 2.08 bits per heavy atom. The van der Waals surface area contributed by atoms with Gasteiger partial charge in [-0.15, -0.1) is 0 Å². The van der Waals surface area contributed by atoms with Crippen LogP contribution in [-0.4, -0.2) is 30.8 Å². The zero-order valence-electron chi connectivity index (χ0n) is 13.1. The van der Waals surface area contributed by atoms with Crippen molar-refractivity contribution in [1.82, 2.24) is 9.29 Å². The van der Waals surface area contributed by atoms with E-state index >= 15 is 0 Å². The van der Waals surface area contributed by atoms with Crippen LogP contribution in [0.4, 0.5) is 4.39 Å². The molecule has 0 aliphatic carbocycles. The fourth-order valence-corrected chi connectivity index (χ4v) is 4.32. The van der Waals surface area contributed by atoms with E-state index in [9.17, 15) is 18.1 Å². The van der Waals surface area contributed by atoms with Gasteiger partial charge in [0, 0.05) is 18.7 Å². The summed E-state index contributed by atoms with van der Waals surface area (Å²) in [6.45, 7) is 2.77. The molecule has 0 radical (unpaired) electrons. The second-order valence-electron chi connectivity index (χ2n) is 5.88. The van der Waals surface area contributed by atoms with Crippen LogP contribution in [0, 0.1) is 23.1 Å². The number of sulfonamides is 1. The largest absolute Gasteiger partial charge is 0.422 e. The van der Waals surface area contributed by atoms with Gasteiger partial charge >= 0.3 is 0 Å². The van der Waals surface area contributed by atoms with Gasteiger partial charge in [0.1, 0.15) is 11.9 Å². The monoisotopic (exact) mass is 349 g/mol. The van der Waals surface area contributed by atoms with E-state index in [0.717, 1.165) is 12.8 Å². The van der Waals surface area contributed by atoms with Crippen molar-refractivity contribution < 1.29 is 17.2 Å². The molecule has 3 rings (SSSR count). The number of nitriles is 1. The molecule has 2 aromatic rings. The number of hydrogen-bond acceptors (Lipinski definition) is 5. The molecule has 126 valence electrons. The smallest absolute Gasteiger partial charge is 0.279 e. The van der Waals surface area contributed by atoms with Crippen molar-refractivity contribution in [3.8, 4) is 17.5 Å². The van der Waals surface area contributed by atoms with Crippen LogP contribution in [0.3, 0.4) is 0 Å². The Balaban J connectivity index is 2.01. The molecule has 1 aliphatic heterocycles. The molecule has 8 heteroatoms. The van der Waals surface area contributed by atoms with Crippen LogP contribution < -0.4 is 0 Å². The van der Waals surface area contributed by atoms with Crippen LogP contribution in [-0.2, 0) is 10.0 Å². The fraction of sp³-hybridized carbons (Fsp3) is 0.375. The Morgan fingerprint density at radius 3 is 2.71 bits per heavy atom. The lowest BCUT2D eigenvalue weighted by molar-refractivity contribution is 0.275. The molecule has 2 heterocycles. The molecular formula is C16H16FN3O3S. The zero-order chi connectivity index (χ0) is 17.3. The molecule has 0 saturated carbocycles. The van der Waals surface area contributed by atoms with E-state index in [0.29, 0.717) is 18.7 Å². The Bertz CT molecular complexity index is 884. The first kappa shape index (κ1) is 16.6. The van der Waals surface area contributed by atoms with E-state index in [2.05, 4.69) is 4.98 Å². The summed E-state index contributed by atoms with van der Waals surface area (Å²) in [4.78, 5) is 3.95. The van der Waals surface area contributed by atoms with Gasteiger partial charge in [0.05, 0.1) is 0 Å². The van der Waals surface area contributed by atoms with E-state index in [4.69, 9.17) is 4.42 Å². The summed E-state index contributed by atoms with van der Waals surface area (Å²) in [6.07, 6.45) is 1.73. The first-order valence-corrected chi connectivity index (χ1v) is 9.03. The summed E-state index contributed by atoms with van der Waals surface area (Å²) in [5, 5.41) is 8.78. The third kappa shape index (κ3) is 3.05. The number of nitrogens with zero attached hydrogens (tertiary/aromatic N) is 3. The van der Waals surface area contributed by atoms with Crippen molar-refractivity contribution >= 4 is 10.0 Å². The highest BCUT2D eigenvalue weighted by Crippen LogP contribution is 2.29. The minimum absolute atomic E-state index is 0.0183. The predicted octanol–water partition coefficient (Wildman–Crippen LogP) is 2.77.